The summed E-state index contributed by atoms with van der Waals surface area (Å²) >= 11 is 0. The Kier molecular flexibility index (Phi) is 7.74. The predicted octanol–water partition coefficient (Wildman–Crippen LogP) is 13.5. The molecule has 0 spiro atoms. The molecular formula is C52H32N4O. The van der Waals surface area contributed by atoms with Crippen molar-refractivity contribution < 1.29 is 4.42 Å². The molecule has 0 atom stereocenters. The van der Waals surface area contributed by atoms with Crippen molar-refractivity contribution in [3.63, 3.8) is 0 Å². The third-order valence-corrected chi connectivity index (χ3v) is 10.7. The zero-order chi connectivity index (χ0) is 37.7. The highest BCUT2D eigenvalue weighted by molar-refractivity contribution is 6.26. The van der Waals surface area contributed by atoms with Crippen LogP contribution in [0.4, 0.5) is 0 Å². The topological polar surface area (TPSA) is 64.7 Å². The fourth-order valence-corrected chi connectivity index (χ4v) is 7.97. The molecule has 0 aliphatic heterocycles. The minimum absolute atomic E-state index is 0.610. The maximum absolute atomic E-state index is 6.56. The van der Waals surface area contributed by atoms with E-state index < -0.39 is 0 Å². The third kappa shape index (κ3) is 5.81. The van der Waals surface area contributed by atoms with Crippen LogP contribution in [0.5, 0.6) is 0 Å². The molecule has 0 aliphatic carbocycles. The summed E-state index contributed by atoms with van der Waals surface area (Å²) in [5.41, 5.74) is 9.92. The second-order valence-corrected chi connectivity index (χ2v) is 14.2. The van der Waals surface area contributed by atoms with Gasteiger partial charge in [0, 0.05) is 33.0 Å². The van der Waals surface area contributed by atoms with E-state index in [4.69, 9.17) is 24.4 Å². The first kappa shape index (κ1) is 32.7. The number of rotatable bonds is 6. The minimum atomic E-state index is 0.610. The molecule has 0 aliphatic rings. The van der Waals surface area contributed by atoms with Crippen LogP contribution in [-0.2, 0) is 0 Å². The lowest BCUT2D eigenvalue weighted by molar-refractivity contribution is 0.623. The molecule has 11 rings (SSSR count). The van der Waals surface area contributed by atoms with Gasteiger partial charge in [-0.1, -0.05) is 164 Å². The lowest BCUT2D eigenvalue weighted by atomic mass is 9.93. The molecule has 0 fully saturated rings. The zero-order valence-electron chi connectivity index (χ0n) is 30.7. The van der Waals surface area contributed by atoms with Crippen molar-refractivity contribution in [1.82, 2.24) is 19.9 Å². The first-order chi connectivity index (χ1) is 28.2. The fraction of sp³-hybridized carbons (Fsp3) is 0. The van der Waals surface area contributed by atoms with E-state index in [0.29, 0.717) is 23.4 Å². The van der Waals surface area contributed by atoms with Gasteiger partial charge in [-0.05, 0) is 74.1 Å². The Hall–Kier alpha value is -7.76. The van der Waals surface area contributed by atoms with Gasteiger partial charge in [-0.25, -0.2) is 19.9 Å². The van der Waals surface area contributed by atoms with E-state index >= 15 is 0 Å². The zero-order valence-corrected chi connectivity index (χ0v) is 30.7. The molecule has 0 radical (unpaired) electrons. The molecule has 11 aromatic rings. The molecule has 57 heavy (non-hydrogen) atoms. The summed E-state index contributed by atoms with van der Waals surface area (Å²) in [4.78, 5) is 20.2. The summed E-state index contributed by atoms with van der Waals surface area (Å²) in [6, 6.07) is 67.1. The van der Waals surface area contributed by atoms with E-state index in [0.717, 1.165) is 76.8 Å². The van der Waals surface area contributed by atoms with E-state index in [-0.39, 0.29) is 0 Å². The van der Waals surface area contributed by atoms with Gasteiger partial charge < -0.3 is 4.42 Å². The van der Waals surface area contributed by atoms with E-state index in [1.807, 2.05) is 72.8 Å². The molecule has 0 amide bonds. The van der Waals surface area contributed by atoms with Gasteiger partial charge in [0.1, 0.15) is 5.52 Å². The summed E-state index contributed by atoms with van der Waals surface area (Å²) in [6.07, 6.45) is 0. The molecule has 0 saturated heterocycles. The lowest BCUT2D eigenvalue weighted by Gasteiger charge is -2.13. The number of fused-ring (bicyclic) bond motifs is 7. The fourth-order valence-electron chi connectivity index (χ4n) is 7.97. The quantitative estimate of drug-likeness (QED) is 0.160. The van der Waals surface area contributed by atoms with Crippen molar-refractivity contribution >= 4 is 43.4 Å². The molecule has 0 saturated carbocycles. The second kappa shape index (κ2) is 13.5. The maximum atomic E-state index is 6.56. The van der Waals surface area contributed by atoms with Crippen LogP contribution < -0.4 is 0 Å². The Morgan fingerprint density at radius 2 is 0.825 bits per heavy atom. The molecule has 5 heteroatoms. The molecule has 0 bridgehead atoms. The molecule has 266 valence electrons. The molecule has 0 unspecified atom stereocenters. The van der Waals surface area contributed by atoms with Gasteiger partial charge in [-0.2, -0.15) is 0 Å². The molecule has 9 aromatic carbocycles. The van der Waals surface area contributed by atoms with Crippen LogP contribution in [0, 0.1) is 0 Å². The van der Waals surface area contributed by atoms with Crippen LogP contribution in [0.2, 0.25) is 0 Å². The van der Waals surface area contributed by atoms with Crippen LogP contribution in [0.3, 0.4) is 0 Å². The number of aromatic nitrogens is 4. The van der Waals surface area contributed by atoms with Crippen LogP contribution >= 0.6 is 0 Å². The van der Waals surface area contributed by atoms with Crippen molar-refractivity contribution in [2.75, 3.05) is 0 Å². The van der Waals surface area contributed by atoms with E-state index in [1.165, 1.54) is 11.1 Å². The minimum Gasteiger partial charge on any atom is -0.435 e. The van der Waals surface area contributed by atoms with Gasteiger partial charge in [-0.3, -0.25) is 0 Å². The number of nitrogens with zero attached hydrogens (tertiary/aromatic N) is 4. The van der Waals surface area contributed by atoms with E-state index in [2.05, 4.69) is 121 Å². The Morgan fingerprint density at radius 1 is 0.316 bits per heavy atom. The van der Waals surface area contributed by atoms with Gasteiger partial charge in [0.05, 0.1) is 0 Å². The van der Waals surface area contributed by atoms with E-state index in [1.54, 1.807) is 0 Å². The summed E-state index contributed by atoms with van der Waals surface area (Å²) < 4.78 is 6.56. The summed E-state index contributed by atoms with van der Waals surface area (Å²) in [7, 11) is 0. The highest BCUT2D eigenvalue weighted by Gasteiger charge is 2.18. The maximum Gasteiger partial charge on any atom is 0.227 e. The van der Waals surface area contributed by atoms with Gasteiger partial charge in [0.15, 0.2) is 23.1 Å². The van der Waals surface area contributed by atoms with Crippen LogP contribution in [0.1, 0.15) is 0 Å². The number of oxazole rings is 1. The van der Waals surface area contributed by atoms with Crippen molar-refractivity contribution in [3.05, 3.63) is 194 Å². The van der Waals surface area contributed by atoms with Crippen LogP contribution in [0.15, 0.2) is 199 Å². The average molecular weight is 729 g/mol. The van der Waals surface area contributed by atoms with Crippen molar-refractivity contribution in [1.29, 1.82) is 0 Å². The summed E-state index contributed by atoms with van der Waals surface area (Å²) in [5, 5.41) is 6.62. The first-order valence-corrected chi connectivity index (χ1v) is 19.0. The second-order valence-electron chi connectivity index (χ2n) is 14.2. The SMILES string of the molecule is c1ccc(-c2nc(-c3cccc(-c4ccccc4-c4ccccc4)c3)nc(-c3ccc4c(ccc5ccc6ccc7nc(-c8ccccc8)oc7c6c54)c3)n2)cc1. The van der Waals surface area contributed by atoms with Gasteiger partial charge >= 0.3 is 0 Å². The first-order valence-electron chi connectivity index (χ1n) is 19.0. The number of benzene rings is 9. The van der Waals surface area contributed by atoms with Crippen molar-refractivity contribution in [2.45, 2.75) is 0 Å². The smallest absolute Gasteiger partial charge is 0.227 e. The largest absolute Gasteiger partial charge is 0.435 e. The predicted molar refractivity (Wildman–Crippen MR) is 233 cm³/mol. The normalized spacial score (nSPS) is 11.5. The molecule has 0 N–H and O–H groups in total. The standard InChI is InChI=1S/C52H32N4O/c1-4-13-33(14-5-1)42-21-10-11-22-43(42)38-19-12-20-40(31-38)50-54-49(36-15-6-2-7-16-36)55-51(56-50)41-27-29-44-39(32-41)26-25-34-23-24-35-28-30-45-48(47(35)46(34)44)57-52(53-45)37-17-8-3-9-18-37/h1-32H. The van der Waals surface area contributed by atoms with Gasteiger partial charge in [0.25, 0.3) is 0 Å². The van der Waals surface area contributed by atoms with Crippen molar-refractivity contribution in [3.8, 4) is 67.9 Å². The Bertz CT molecular complexity index is 3290. The Balaban J connectivity index is 1.07. The third-order valence-electron chi connectivity index (χ3n) is 10.7. The van der Waals surface area contributed by atoms with Crippen LogP contribution in [-0.4, -0.2) is 19.9 Å². The summed E-state index contributed by atoms with van der Waals surface area (Å²) in [5.74, 6) is 2.46. The summed E-state index contributed by atoms with van der Waals surface area (Å²) in [6.45, 7) is 0. The van der Waals surface area contributed by atoms with E-state index in [9.17, 15) is 0 Å². The molecular weight excluding hydrogens is 697 g/mol. The number of hydrogen-bond acceptors (Lipinski definition) is 5. The lowest BCUT2D eigenvalue weighted by Crippen LogP contribution is -2.00. The molecule has 2 heterocycles. The van der Waals surface area contributed by atoms with Crippen LogP contribution in [0.25, 0.3) is 111 Å². The molecule has 5 nitrogen and oxygen atoms in total. The van der Waals surface area contributed by atoms with Crippen molar-refractivity contribution in [2.24, 2.45) is 0 Å². The monoisotopic (exact) mass is 728 g/mol. The molecule has 2 aromatic heterocycles. The Morgan fingerprint density at radius 3 is 1.53 bits per heavy atom. The Labute approximate surface area is 328 Å². The highest BCUT2D eigenvalue weighted by atomic mass is 16.3. The number of hydrogen-bond donors (Lipinski definition) is 0. The average Bonchev–Trinajstić information content (AvgIpc) is 3.74. The van der Waals surface area contributed by atoms with Gasteiger partial charge in [-0.15, -0.1) is 0 Å². The highest BCUT2D eigenvalue weighted by Crippen LogP contribution is 2.40. The van der Waals surface area contributed by atoms with Gasteiger partial charge in [0.2, 0.25) is 5.89 Å².